The van der Waals surface area contributed by atoms with E-state index < -0.39 is 9.76 Å². The van der Waals surface area contributed by atoms with E-state index in [1.807, 2.05) is 32.0 Å². The highest BCUT2D eigenvalue weighted by molar-refractivity contribution is 6.31. The summed E-state index contributed by atoms with van der Waals surface area (Å²) in [6.07, 6.45) is 0. The van der Waals surface area contributed by atoms with E-state index >= 15 is 0 Å². The molecule has 1 aromatic heterocycles. The third-order valence-electron chi connectivity index (χ3n) is 2.45. The first-order valence-corrected chi connectivity index (χ1v) is 7.24. The van der Waals surface area contributed by atoms with Crippen LogP contribution in [0.25, 0.3) is 0 Å². The van der Waals surface area contributed by atoms with Gasteiger partial charge in [-0.3, -0.25) is 4.98 Å². The Bertz CT molecular complexity index is 372. The minimum absolute atomic E-state index is 0.0272. The number of aromatic nitrogens is 1. The van der Waals surface area contributed by atoms with Crippen LogP contribution in [0.4, 0.5) is 0 Å². The van der Waals surface area contributed by atoms with Crippen LogP contribution in [0.2, 0.25) is 5.04 Å². The molecule has 1 aromatic rings. The number of hydrogen-bond donors (Lipinski definition) is 1. The molecule has 3 nitrogen and oxygen atoms in total. The summed E-state index contributed by atoms with van der Waals surface area (Å²) >= 11 is 0. The van der Waals surface area contributed by atoms with Gasteiger partial charge >= 0.3 is 0 Å². The minimum Gasteiger partial charge on any atom is -0.413 e. The van der Waals surface area contributed by atoms with Gasteiger partial charge in [-0.25, -0.2) is 0 Å². The Morgan fingerprint density at radius 3 is 2.41 bits per heavy atom. The predicted molar refractivity (Wildman–Crippen MR) is 72.5 cm³/mol. The molecule has 0 radical (unpaired) electrons. The average molecular weight is 253 g/mol. The van der Waals surface area contributed by atoms with Crippen LogP contribution in [0.1, 0.15) is 46.0 Å². The van der Waals surface area contributed by atoms with Gasteiger partial charge in [-0.2, -0.15) is 0 Å². The van der Waals surface area contributed by atoms with E-state index in [2.05, 4.69) is 25.8 Å². The summed E-state index contributed by atoms with van der Waals surface area (Å²) in [5, 5.41) is 9.36. The molecule has 17 heavy (non-hydrogen) atoms. The maximum atomic E-state index is 9.09. The van der Waals surface area contributed by atoms with Crippen molar-refractivity contribution in [2.75, 3.05) is 0 Å². The van der Waals surface area contributed by atoms with Gasteiger partial charge in [-0.05, 0) is 31.0 Å². The molecule has 1 heterocycles. The Morgan fingerprint density at radius 2 is 1.88 bits per heavy atom. The third kappa shape index (κ3) is 4.58. The van der Waals surface area contributed by atoms with Crippen LogP contribution in [-0.2, 0) is 16.6 Å². The lowest BCUT2D eigenvalue weighted by molar-refractivity contribution is 0.104. The minimum atomic E-state index is -0.619. The molecule has 0 aliphatic carbocycles. The molecule has 0 unspecified atom stereocenters. The van der Waals surface area contributed by atoms with Crippen molar-refractivity contribution in [1.29, 1.82) is 0 Å². The number of hydrogen-bond acceptors (Lipinski definition) is 3. The van der Waals surface area contributed by atoms with Gasteiger partial charge in [-0.1, -0.05) is 26.8 Å². The van der Waals surface area contributed by atoms with Crippen molar-refractivity contribution in [1.82, 2.24) is 4.98 Å². The smallest absolute Gasteiger partial charge is 0.168 e. The van der Waals surface area contributed by atoms with Gasteiger partial charge in [0.25, 0.3) is 0 Å². The van der Waals surface area contributed by atoms with Crippen LogP contribution in [0, 0.1) is 0 Å². The van der Waals surface area contributed by atoms with Crippen LogP contribution in [-0.4, -0.2) is 19.9 Å². The molecule has 0 aliphatic heterocycles. The zero-order valence-electron chi connectivity index (χ0n) is 11.4. The topological polar surface area (TPSA) is 42.4 Å². The highest BCUT2D eigenvalue weighted by atomic mass is 28.2. The second kappa shape index (κ2) is 5.29. The zero-order chi connectivity index (χ0) is 13.1. The van der Waals surface area contributed by atoms with Crippen molar-refractivity contribution in [3.05, 3.63) is 29.6 Å². The Labute approximate surface area is 106 Å². The maximum Gasteiger partial charge on any atom is 0.168 e. The molecule has 0 bridgehead atoms. The maximum absolute atomic E-state index is 9.09. The molecule has 0 atom stereocenters. The quantitative estimate of drug-likeness (QED) is 0.836. The molecular formula is C13H23NO2Si. The lowest BCUT2D eigenvalue weighted by Gasteiger charge is -2.29. The summed E-state index contributed by atoms with van der Waals surface area (Å²) in [6, 6.07) is 5.69. The summed E-state index contributed by atoms with van der Waals surface area (Å²) < 4.78 is 6.07. The van der Waals surface area contributed by atoms with E-state index in [0.29, 0.717) is 5.69 Å². The summed E-state index contributed by atoms with van der Waals surface area (Å²) in [7, 11) is -0.619. The number of aliphatic hydroxyl groups excluding tert-OH is 1. The molecule has 1 rings (SSSR count). The largest absolute Gasteiger partial charge is 0.413 e. The van der Waals surface area contributed by atoms with Crippen LogP contribution < -0.4 is 0 Å². The first-order valence-electron chi connectivity index (χ1n) is 5.96. The Balaban J connectivity index is 2.81. The van der Waals surface area contributed by atoms with Gasteiger partial charge in [0.05, 0.1) is 23.6 Å². The standard InChI is InChI=1S/C13H23NO2Si/c1-12(2,3)17-16-13(4,5)11-8-6-7-10(9-15)14-11/h6-8,15H,9,17H2,1-5H3. The van der Waals surface area contributed by atoms with E-state index in [1.165, 1.54) is 0 Å². The molecule has 0 aliphatic rings. The van der Waals surface area contributed by atoms with E-state index in [1.54, 1.807) is 0 Å². The SMILES string of the molecule is CC(C)(C)[SiH2]OC(C)(C)c1cccc(CO)n1. The number of aliphatic hydroxyl groups is 1. The molecular weight excluding hydrogens is 230 g/mol. The number of rotatable bonds is 4. The van der Waals surface area contributed by atoms with Gasteiger partial charge in [0.1, 0.15) is 0 Å². The Hall–Kier alpha value is -0.713. The highest BCUT2D eigenvalue weighted by Crippen LogP contribution is 2.28. The fourth-order valence-corrected chi connectivity index (χ4v) is 2.32. The molecule has 4 heteroatoms. The molecule has 0 fully saturated rings. The molecule has 0 saturated carbocycles. The monoisotopic (exact) mass is 253 g/mol. The normalized spacial score (nSPS) is 13.5. The first kappa shape index (κ1) is 14.3. The Kier molecular flexibility index (Phi) is 4.46. The third-order valence-corrected chi connectivity index (χ3v) is 4.18. The van der Waals surface area contributed by atoms with Crippen molar-refractivity contribution in [3.8, 4) is 0 Å². The van der Waals surface area contributed by atoms with Crippen LogP contribution in [0.15, 0.2) is 18.2 Å². The summed E-state index contributed by atoms with van der Waals surface area (Å²) in [6.45, 7) is 10.7. The lowest BCUT2D eigenvalue weighted by Crippen LogP contribution is -2.28. The number of nitrogens with zero attached hydrogens (tertiary/aromatic N) is 1. The van der Waals surface area contributed by atoms with Gasteiger partial charge in [-0.15, -0.1) is 0 Å². The molecule has 0 aromatic carbocycles. The molecule has 1 N–H and O–H groups in total. The lowest BCUT2D eigenvalue weighted by atomic mass is 10.0. The molecule has 0 amide bonds. The molecule has 0 saturated heterocycles. The van der Waals surface area contributed by atoms with E-state index in [0.717, 1.165) is 5.69 Å². The van der Waals surface area contributed by atoms with Gasteiger partial charge in [0.15, 0.2) is 9.76 Å². The fraction of sp³-hybridized carbons (Fsp3) is 0.615. The number of pyridine rings is 1. The second-order valence-corrected chi connectivity index (χ2v) is 8.73. The zero-order valence-corrected chi connectivity index (χ0v) is 12.9. The van der Waals surface area contributed by atoms with Crippen molar-refractivity contribution in [2.45, 2.75) is 51.9 Å². The highest BCUT2D eigenvalue weighted by Gasteiger charge is 2.25. The Morgan fingerprint density at radius 1 is 1.24 bits per heavy atom. The van der Waals surface area contributed by atoms with Gasteiger partial charge in [0.2, 0.25) is 0 Å². The summed E-state index contributed by atoms with van der Waals surface area (Å²) in [5.74, 6) is 0. The van der Waals surface area contributed by atoms with Crippen LogP contribution >= 0.6 is 0 Å². The van der Waals surface area contributed by atoms with E-state index in [-0.39, 0.29) is 17.2 Å². The van der Waals surface area contributed by atoms with E-state index in [4.69, 9.17) is 9.53 Å². The molecule has 96 valence electrons. The summed E-state index contributed by atoms with van der Waals surface area (Å²) in [4.78, 5) is 4.41. The van der Waals surface area contributed by atoms with Gasteiger partial charge < -0.3 is 9.53 Å². The summed E-state index contributed by atoms with van der Waals surface area (Å²) in [5.41, 5.74) is 1.21. The van der Waals surface area contributed by atoms with Gasteiger partial charge in [0, 0.05) is 0 Å². The first-order chi connectivity index (χ1) is 7.74. The van der Waals surface area contributed by atoms with Crippen LogP contribution in [0.3, 0.4) is 0 Å². The predicted octanol–water partition coefficient (Wildman–Crippen LogP) is 2.13. The van der Waals surface area contributed by atoms with Crippen molar-refractivity contribution >= 4 is 9.76 Å². The van der Waals surface area contributed by atoms with Crippen molar-refractivity contribution in [2.24, 2.45) is 0 Å². The average Bonchev–Trinajstić information content (AvgIpc) is 2.26. The van der Waals surface area contributed by atoms with Crippen molar-refractivity contribution < 1.29 is 9.53 Å². The molecule has 0 spiro atoms. The van der Waals surface area contributed by atoms with Crippen LogP contribution in [0.5, 0.6) is 0 Å². The second-order valence-electron chi connectivity index (χ2n) is 6.03. The van der Waals surface area contributed by atoms with Crippen molar-refractivity contribution in [3.63, 3.8) is 0 Å². The van der Waals surface area contributed by atoms with E-state index in [9.17, 15) is 0 Å². The fourth-order valence-electron chi connectivity index (χ4n) is 1.37.